The van der Waals surface area contributed by atoms with E-state index in [1.54, 1.807) is 0 Å². The molecule has 5 nitrogen and oxygen atoms in total. The highest BCUT2D eigenvalue weighted by Gasteiger charge is 1.65. The Morgan fingerprint density at radius 2 is 1.27 bits per heavy atom. The summed E-state index contributed by atoms with van der Waals surface area (Å²) in [6, 6.07) is 0. The summed E-state index contributed by atoms with van der Waals surface area (Å²) in [5, 5.41) is 8.89. The predicted molar refractivity (Wildman–Crippen MR) is 39.8 cm³/mol. The summed E-state index contributed by atoms with van der Waals surface area (Å²) in [6.45, 7) is 0.972. The van der Waals surface area contributed by atoms with Crippen molar-refractivity contribution in [2.75, 3.05) is 6.26 Å². The molecule has 0 aliphatic carbocycles. The standard InChI is InChI=1S/C2H4O2.CH4O3S.2CH4/c1-2(3)4;1-5(2,3)4;;/h1H3,(H,3,4);1H3,(H,2,3,4);2*1H4/p-2. The molecule has 0 heterocycles. The zero-order valence-corrected chi connectivity index (χ0v) is 5.77. The highest BCUT2D eigenvalue weighted by Crippen LogP contribution is 1.59. The minimum absolute atomic E-state index is 0. The molecule has 0 bridgehead atoms. The fourth-order valence-electron chi connectivity index (χ4n) is 0. The maximum absolute atomic E-state index is 9.08. The van der Waals surface area contributed by atoms with Gasteiger partial charge in [0, 0.05) is 12.2 Å². The van der Waals surface area contributed by atoms with Crippen LogP contribution >= 0.6 is 0 Å². The van der Waals surface area contributed by atoms with Crippen molar-refractivity contribution in [3.8, 4) is 0 Å². The van der Waals surface area contributed by atoms with E-state index in [-0.39, 0.29) is 14.9 Å². The van der Waals surface area contributed by atoms with Gasteiger partial charge in [0.05, 0.1) is 10.1 Å². The van der Waals surface area contributed by atoms with Crippen LogP contribution in [0.4, 0.5) is 0 Å². The van der Waals surface area contributed by atoms with Crippen molar-refractivity contribution in [3.63, 3.8) is 0 Å². The van der Waals surface area contributed by atoms with E-state index in [0.717, 1.165) is 6.92 Å². The van der Waals surface area contributed by atoms with Crippen molar-refractivity contribution in [2.24, 2.45) is 0 Å². The van der Waals surface area contributed by atoms with Crippen molar-refractivity contribution in [1.29, 1.82) is 0 Å². The molecule has 0 unspecified atom stereocenters. The van der Waals surface area contributed by atoms with Crippen LogP contribution in [0.5, 0.6) is 0 Å². The molecule has 0 radical (unpaired) electrons. The van der Waals surface area contributed by atoms with Crippen LogP contribution in [0.3, 0.4) is 0 Å². The lowest BCUT2D eigenvalue weighted by Gasteiger charge is -1.90. The first-order chi connectivity index (χ1) is 3.73. The molecule has 0 aliphatic heterocycles. The summed E-state index contributed by atoms with van der Waals surface area (Å²) in [7, 11) is -3.92. The number of carboxylic acid groups (broad SMARTS) is 1. The third-order valence-electron chi connectivity index (χ3n) is 0. The van der Waals surface area contributed by atoms with Crippen molar-refractivity contribution in [1.82, 2.24) is 0 Å². The predicted octanol–water partition coefficient (Wildman–Crippen LogP) is -0.810. The Morgan fingerprint density at radius 3 is 1.27 bits per heavy atom. The molecule has 0 aromatic rings. The maximum Gasteiger partial charge on any atom is 0.0916 e. The van der Waals surface area contributed by atoms with Gasteiger partial charge in [0.1, 0.15) is 0 Å². The van der Waals surface area contributed by atoms with E-state index < -0.39 is 16.1 Å². The molecule has 0 aliphatic rings. The van der Waals surface area contributed by atoms with Crippen LogP contribution in [0.15, 0.2) is 0 Å². The van der Waals surface area contributed by atoms with E-state index in [0.29, 0.717) is 6.26 Å². The summed E-state index contributed by atoms with van der Waals surface area (Å²) >= 11 is 0. The fourth-order valence-corrected chi connectivity index (χ4v) is 0. The van der Waals surface area contributed by atoms with Crippen molar-refractivity contribution in [2.45, 2.75) is 21.8 Å². The molecule has 0 saturated heterocycles. The number of carbonyl (C=O) groups is 1. The molecular formula is C5H14O5S-2. The number of aliphatic carboxylic acids is 1. The van der Waals surface area contributed by atoms with Gasteiger partial charge in [-0.15, -0.1) is 0 Å². The Bertz CT molecular complexity index is 157. The molecule has 0 N–H and O–H groups in total. The lowest BCUT2D eigenvalue weighted by molar-refractivity contribution is -0.302. The van der Waals surface area contributed by atoms with Gasteiger partial charge < -0.3 is 14.5 Å². The Balaban J connectivity index is -0.0000000383. The summed E-state index contributed by atoms with van der Waals surface area (Å²) in [6.07, 6.45) is 0.604. The number of carbonyl (C=O) groups excluding carboxylic acids is 1. The first kappa shape index (κ1) is 22.4. The monoisotopic (exact) mass is 186 g/mol. The van der Waals surface area contributed by atoms with Crippen LogP contribution in [0.2, 0.25) is 0 Å². The van der Waals surface area contributed by atoms with Gasteiger partial charge in [-0.2, -0.15) is 0 Å². The lowest BCUT2D eigenvalue weighted by atomic mass is 10.9. The molecule has 0 aromatic carbocycles. The number of carboxylic acids is 1. The zero-order valence-electron chi connectivity index (χ0n) is 4.95. The van der Waals surface area contributed by atoms with E-state index in [4.69, 9.17) is 22.9 Å². The average molecular weight is 186 g/mol. The van der Waals surface area contributed by atoms with Gasteiger partial charge in [-0.1, -0.05) is 14.9 Å². The molecule has 0 amide bonds. The van der Waals surface area contributed by atoms with Gasteiger partial charge in [0.2, 0.25) is 0 Å². The lowest BCUT2D eigenvalue weighted by Crippen LogP contribution is -2.16. The van der Waals surface area contributed by atoms with Gasteiger partial charge in [-0.25, -0.2) is 8.42 Å². The maximum atomic E-state index is 9.08. The highest BCUT2D eigenvalue weighted by molar-refractivity contribution is 7.84. The summed E-state index contributed by atoms with van der Waals surface area (Å²) in [4.78, 5) is 8.89. The second kappa shape index (κ2) is 9.38. The van der Waals surface area contributed by atoms with Crippen LogP contribution < -0.4 is 5.11 Å². The molecule has 0 saturated carbocycles. The van der Waals surface area contributed by atoms with Gasteiger partial charge in [-0.3, -0.25) is 0 Å². The van der Waals surface area contributed by atoms with Crippen molar-refractivity contribution >= 4 is 16.1 Å². The number of hydrogen-bond donors (Lipinski definition) is 0. The molecule has 0 spiro atoms. The van der Waals surface area contributed by atoms with E-state index >= 15 is 0 Å². The molecule has 11 heavy (non-hydrogen) atoms. The number of hydrogen-bond acceptors (Lipinski definition) is 5. The van der Waals surface area contributed by atoms with Crippen LogP contribution in [-0.2, 0) is 14.9 Å². The van der Waals surface area contributed by atoms with E-state index in [1.165, 1.54) is 0 Å². The smallest absolute Gasteiger partial charge is 0.0916 e. The molecule has 72 valence electrons. The summed E-state index contributed by atoms with van der Waals surface area (Å²) in [5.74, 6) is -1.08. The first-order valence-electron chi connectivity index (χ1n) is 1.82. The van der Waals surface area contributed by atoms with Crippen LogP contribution in [0, 0.1) is 0 Å². The average Bonchev–Trinajstić information content (AvgIpc) is 1.19. The second-order valence-electron chi connectivity index (χ2n) is 1.20. The first-order valence-corrected chi connectivity index (χ1v) is 3.63. The Labute approximate surface area is 67.8 Å². The van der Waals surface area contributed by atoms with Crippen LogP contribution in [0.1, 0.15) is 21.8 Å². The minimum Gasteiger partial charge on any atom is -0.748 e. The SMILES string of the molecule is C.C.CC(=O)[O-].CS(=O)(=O)[O-]. The molecule has 0 aromatic heterocycles. The number of rotatable bonds is 0. The summed E-state index contributed by atoms with van der Waals surface area (Å²) < 4.78 is 27.2. The molecule has 0 fully saturated rings. The quantitative estimate of drug-likeness (QED) is 0.461. The topological polar surface area (TPSA) is 97.3 Å². The highest BCUT2D eigenvalue weighted by atomic mass is 32.2. The van der Waals surface area contributed by atoms with Gasteiger partial charge >= 0.3 is 0 Å². The van der Waals surface area contributed by atoms with Crippen molar-refractivity contribution in [3.05, 3.63) is 0 Å². The van der Waals surface area contributed by atoms with Gasteiger partial charge in [-0.05, 0) is 6.92 Å². The second-order valence-corrected chi connectivity index (χ2v) is 2.60. The molecule has 6 heteroatoms. The van der Waals surface area contributed by atoms with E-state index in [9.17, 15) is 0 Å². The largest absolute Gasteiger partial charge is 0.748 e. The van der Waals surface area contributed by atoms with Gasteiger partial charge in [0.15, 0.2) is 0 Å². The molecule has 0 rings (SSSR count). The van der Waals surface area contributed by atoms with Gasteiger partial charge in [0.25, 0.3) is 0 Å². The van der Waals surface area contributed by atoms with Crippen LogP contribution in [-0.4, -0.2) is 25.2 Å². The van der Waals surface area contributed by atoms with E-state index in [1.807, 2.05) is 0 Å². The Hall–Kier alpha value is -0.620. The summed E-state index contributed by atoms with van der Waals surface area (Å²) in [5.41, 5.74) is 0. The minimum atomic E-state index is -3.92. The van der Waals surface area contributed by atoms with Crippen LogP contribution in [0.25, 0.3) is 0 Å². The third-order valence-corrected chi connectivity index (χ3v) is 0. The molecular weight excluding hydrogens is 172 g/mol. The molecule has 0 atom stereocenters. The Kier molecular flexibility index (Phi) is 19.1. The zero-order chi connectivity index (χ0) is 8.08. The Morgan fingerprint density at radius 1 is 1.27 bits per heavy atom. The van der Waals surface area contributed by atoms with Crippen molar-refractivity contribution < 1.29 is 22.9 Å². The third kappa shape index (κ3) is 1330. The van der Waals surface area contributed by atoms with E-state index in [2.05, 4.69) is 0 Å². The normalized spacial score (nSPS) is 7.55. The fraction of sp³-hybridized carbons (Fsp3) is 0.800.